The van der Waals surface area contributed by atoms with Gasteiger partial charge in [-0.3, -0.25) is 58.1 Å². The van der Waals surface area contributed by atoms with Crippen molar-refractivity contribution in [2.24, 2.45) is 5.73 Å². The third kappa shape index (κ3) is 13.7. The van der Waals surface area contributed by atoms with E-state index in [0.29, 0.717) is 65.5 Å². The number of ether oxygens (including phenoxy) is 5. The lowest BCUT2D eigenvalue weighted by molar-refractivity contribution is -0.146. The van der Waals surface area contributed by atoms with Gasteiger partial charge in [-0.15, -0.1) is 0 Å². The van der Waals surface area contributed by atoms with Crippen molar-refractivity contribution in [3.05, 3.63) is 210 Å². The van der Waals surface area contributed by atoms with Crippen molar-refractivity contribution in [2.45, 2.75) is 93.1 Å². The number of Topliss-reactive ketones (excluding diaryl/α,β-unsaturated/α-hetero) is 3. The van der Waals surface area contributed by atoms with Crippen molar-refractivity contribution < 1.29 is 66.8 Å². The minimum Gasteiger partial charge on any atom is -0.457 e. The number of hydrogen-bond donors (Lipinski definition) is 2. The van der Waals surface area contributed by atoms with E-state index >= 15 is 14.4 Å². The van der Waals surface area contributed by atoms with Crippen molar-refractivity contribution >= 4 is 52.8 Å². The first kappa shape index (κ1) is 61.9. The number of hydrogen-bond acceptors (Lipinski definition) is 17. The first-order valence-electron chi connectivity index (χ1n) is 30.4. The summed E-state index contributed by atoms with van der Waals surface area (Å²) in [6.45, 7) is 0.544. The maximum Gasteiger partial charge on any atom is 0.267 e. The monoisotopic (exact) mass is 1240 g/mol. The highest BCUT2D eigenvalue weighted by molar-refractivity contribution is 6.04. The number of carbonyl (C=O) groups is 9. The van der Waals surface area contributed by atoms with Crippen LogP contribution in [0.5, 0.6) is 23.0 Å². The minimum atomic E-state index is -1.40. The molecule has 0 aliphatic carbocycles. The standard InChI is InChI=1S/C42H40N6O9.C27H25N3O5/c43-39(51)30-20-26(12-17-45-30)22-32(42(54)47-19-14-36-38(47)34(50)24-56-36)48(40(52)27-6-8-29(9-7-27)57-28-4-2-1-3-5-28)31(21-25-10-15-44-16-11-25)41(53)46-18-13-35-37(46)33(49)23-55-35;31-23-17-34-24-11-14-30(25(23)24)27(33)22(15-18-9-12-28-13-10-18)29-26(32)19-5-4-8-21(16-19)35-20-6-2-1-3-7-20/h1-12,15-17,20,31-32,35-38H,13-14,18-19,21-24H2,(H2,43,51);1-10,12-13,16,22,24-25H,11,14-15,17H2,(H,29,32). The molecule has 6 aliphatic rings. The Hall–Kier alpha value is -10.4. The molecule has 6 saturated heterocycles. The van der Waals surface area contributed by atoms with Gasteiger partial charge in [0.2, 0.25) is 17.7 Å². The number of nitrogens with one attached hydrogen (secondary N) is 1. The number of ketones is 3. The van der Waals surface area contributed by atoms with E-state index in [1.807, 2.05) is 48.5 Å². The van der Waals surface area contributed by atoms with E-state index in [0.717, 1.165) is 5.56 Å². The molecule has 9 atom stereocenters. The van der Waals surface area contributed by atoms with Gasteiger partial charge in [0, 0.05) is 81.0 Å². The largest absolute Gasteiger partial charge is 0.457 e. The van der Waals surface area contributed by atoms with Gasteiger partial charge in [0.25, 0.3) is 17.7 Å². The Kier molecular flexibility index (Phi) is 18.7. The van der Waals surface area contributed by atoms with E-state index in [4.69, 9.17) is 29.4 Å². The van der Waals surface area contributed by atoms with Crippen molar-refractivity contribution in [1.82, 2.24) is 39.9 Å². The fourth-order valence-electron chi connectivity index (χ4n) is 12.9. The molecule has 92 heavy (non-hydrogen) atoms. The van der Waals surface area contributed by atoms with Crippen LogP contribution in [0.15, 0.2) is 177 Å². The van der Waals surface area contributed by atoms with Crippen LogP contribution < -0.4 is 20.5 Å². The Bertz CT molecular complexity index is 3890. The third-order valence-electron chi connectivity index (χ3n) is 17.3. The average Bonchev–Trinajstić information content (AvgIpc) is 1.49. The molecule has 23 heteroatoms. The molecule has 0 bridgehead atoms. The zero-order valence-corrected chi connectivity index (χ0v) is 49.8. The number of rotatable bonds is 19. The molecule has 6 fully saturated rings. The highest BCUT2D eigenvalue weighted by Gasteiger charge is 2.54. The molecule has 0 saturated carbocycles. The normalized spacial score (nSPS) is 21.3. The van der Waals surface area contributed by atoms with Crippen LogP contribution in [0.4, 0.5) is 0 Å². The summed E-state index contributed by atoms with van der Waals surface area (Å²) < 4.78 is 28.8. The van der Waals surface area contributed by atoms with E-state index in [1.54, 1.807) is 121 Å². The van der Waals surface area contributed by atoms with Crippen molar-refractivity contribution in [3.8, 4) is 23.0 Å². The molecule has 3 aromatic heterocycles. The molecular formula is C69H65N9O14. The first-order chi connectivity index (χ1) is 44.7. The number of nitrogens with zero attached hydrogens (tertiary/aromatic N) is 7. The van der Waals surface area contributed by atoms with Crippen LogP contribution in [0.25, 0.3) is 0 Å². The topological polar surface area (TPSA) is 289 Å². The van der Waals surface area contributed by atoms with Gasteiger partial charge >= 0.3 is 0 Å². The molecule has 7 aromatic rings. The van der Waals surface area contributed by atoms with Crippen LogP contribution in [0.2, 0.25) is 0 Å². The predicted octanol–water partition coefficient (Wildman–Crippen LogP) is 4.95. The number of para-hydroxylation sites is 2. The van der Waals surface area contributed by atoms with Gasteiger partial charge in [-0.05, 0) is 139 Å². The van der Waals surface area contributed by atoms with E-state index in [9.17, 15) is 28.8 Å². The van der Waals surface area contributed by atoms with Crippen molar-refractivity contribution in [3.63, 3.8) is 0 Å². The predicted molar refractivity (Wildman–Crippen MR) is 328 cm³/mol. The molecule has 9 unspecified atom stereocenters. The summed E-state index contributed by atoms with van der Waals surface area (Å²) in [6.07, 6.45) is 8.02. The van der Waals surface area contributed by atoms with Gasteiger partial charge in [0.15, 0.2) is 17.3 Å². The molecule has 0 spiro atoms. The van der Waals surface area contributed by atoms with Crippen molar-refractivity contribution in [2.75, 3.05) is 39.5 Å². The SMILES string of the molecule is NC(=O)c1cc(CC(C(=O)N2CCC3OCC(=O)C32)N(C(=O)c2ccc(Oc3ccccc3)cc2)C(Cc2ccncc2)C(=O)N2CCC3OCC(=O)C32)ccn1.O=C(NC(Cc1ccncc1)C(=O)N1CCC2OCC(=O)C21)c1cccc(Oc2ccccc2)c1. The number of carbonyl (C=O) groups excluding carboxylic acids is 9. The molecule has 13 rings (SSSR count). The van der Waals surface area contributed by atoms with Crippen LogP contribution in [0.1, 0.15) is 67.2 Å². The Morgan fingerprint density at radius 2 is 0.946 bits per heavy atom. The van der Waals surface area contributed by atoms with Crippen LogP contribution >= 0.6 is 0 Å². The summed E-state index contributed by atoms with van der Waals surface area (Å²) >= 11 is 0. The summed E-state index contributed by atoms with van der Waals surface area (Å²) in [6, 6.07) is 35.7. The fraction of sp³-hybridized carbons (Fsp3) is 0.304. The number of likely N-dealkylation sites (tertiary alicyclic amines) is 3. The third-order valence-corrected chi connectivity index (χ3v) is 17.3. The van der Waals surface area contributed by atoms with Gasteiger partial charge < -0.3 is 54.3 Å². The first-order valence-corrected chi connectivity index (χ1v) is 30.4. The molecule has 470 valence electrons. The maximum absolute atomic E-state index is 15.3. The van der Waals surface area contributed by atoms with Crippen molar-refractivity contribution in [1.29, 1.82) is 0 Å². The summed E-state index contributed by atoms with van der Waals surface area (Å²) in [5.41, 5.74) is 7.97. The fourth-order valence-corrected chi connectivity index (χ4v) is 12.9. The maximum atomic E-state index is 15.3. The second-order valence-corrected chi connectivity index (χ2v) is 23.1. The Balaban J connectivity index is 0.000000199. The van der Waals surface area contributed by atoms with E-state index in [2.05, 4.69) is 20.3 Å². The molecule has 9 heterocycles. The molecule has 6 aliphatic heterocycles. The van der Waals surface area contributed by atoms with Gasteiger partial charge in [0.05, 0.1) is 18.3 Å². The Morgan fingerprint density at radius 3 is 1.46 bits per heavy atom. The van der Waals surface area contributed by atoms with Crippen LogP contribution in [-0.2, 0) is 62.2 Å². The highest BCUT2D eigenvalue weighted by Crippen LogP contribution is 2.35. The molecule has 6 amide bonds. The van der Waals surface area contributed by atoms with Gasteiger partial charge in [-0.2, -0.15) is 0 Å². The van der Waals surface area contributed by atoms with E-state index in [-0.39, 0.29) is 92.8 Å². The molecule has 0 radical (unpaired) electrons. The summed E-state index contributed by atoms with van der Waals surface area (Å²) in [5, 5.41) is 2.89. The molecule has 4 aromatic carbocycles. The lowest BCUT2D eigenvalue weighted by atomic mass is 9.95. The highest BCUT2D eigenvalue weighted by atomic mass is 16.5. The van der Waals surface area contributed by atoms with E-state index < -0.39 is 78.0 Å². The molecular weight excluding hydrogens is 1180 g/mol. The number of nitrogens with two attached hydrogens (primary N) is 1. The number of benzene rings is 4. The average molecular weight is 1240 g/mol. The minimum absolute atomic E-state index is 0.0225. The second-order valence-electron chi connectivity index (χ2n) is 23.1. The van der Waals surface area contributed by atoms with Crippen LogP contribution in [0.3, 0.4) is 0 Å². The number of aromatic nitrogens is 3. The lowest BCUT2D eigenvalue weighted by Crippen LogP contribution is -2.62. The summed E-state index contributed by atoms with van der Waals surface area (Å²) in [4.78, 5) is 141. The van der Waals surface area contributed by atoms with Crippen LogP contribution in [-0.4, -0.2) is 181 Å². The zero-order chi connectivity index (χ0) is 63.8. The number of fused-ring (bicyclic) bond motifs is 3. The number of primary amides is 1. The molecule has 3 N–H and O–H groups in total. The van der Waals surface area contributed by atoms with Gasteiger partial charge in [0.1, 0.15) is 84.8 Å². The number of pyridine rings is 3. The van der Waals surface area contributed by atoms with Crippen LogP contribution in [0, 0.1) is 0 Å². The zero-order valence-electron chi connectivity index (χ0n) is 49.8. The van der Waals surface area contributed by atoms with E-state index in [1.165, 1.54) is 27.0 Å². The second kappa shape index (κ2) is 27.8. The smallest absolute Gasteiger partial charge is 0.267 e. The summed E-state index contributed by atoms with van der Waals surface area (Å²) in [5.74, 6) is -1.67. The number of amides is 6. The lowest BCUT2D eigenvalue weighted by Gasteiger charge is -2.41. The Labute approximate surface area is 528 Å². The quantitative estimate of drug-likeness (QED) is 0.108. The van der Waals surface area contributed by atoms with Gasteiger partial charge in [-0.1, -0.05) is 42.5 Å². The summed E-state index contributed by atoms with van der Waals surface area (Å²) in [7, 11) is 0. The molecule has 23 nitrogen and oxygen atoms in total. The Morgan fingerprint density at radius 1 is 0.500 bits per heavy atom. The van der Waals surface area contributed by atoms with Gasteiger partial charge in [-0.25, -0.2) is 0 Å².